The average molecular weight is 717 g/mol. The van der Waals surface area contributed by atoms with E-state index in [1.54, 1.807) is 58.9 Å². The van der Waals surface area contributed by atoms with E-state index in [1.165, 1.54) is 0 Å². The molecule has 4 rings (SSSR count). The van der Waals surface area contributed by atoms with Crippen LogP contribution in [0.1, 0.15) is 76.5 Å². The number of hydrogen-bond acceptors (Lipinski definition) is 8. The predicted octanol–water partition coefficient (Wildman–Crippen LogP) is 6.56. The fraction of sp³-hybridized carbons (Fsp3) is 0.410. The Morgan fingerprint density at radius 1 is 0.769 bits per heavy atom. The van der Waals surface area contributed by atoms with Crippen LogP contribution in [0.4, 0.5) is 20.1 Å². The van der Waals surface area contributed by atoms with Gasteiger partial charge in [0.05, 0.1) is 0 Å². The van der Waals surface area contributed by atoms with Gasteiger partial charge in [0, 0.05) is 18.2 Å². The summed E-state index contributed by atoms with van der Waals surface area (Å²) < 4.78 is 15.5. The number of ether oxygens (including phenoxy) is 3. The minimum Gasteiger partial charge on any atom is -0.450 e. The molecule has 52 heavy (non-hydrogen) atoms. The Morgan fingerprint density at radius 3 is 1.96 bits per heavy atom. The molecule has 13 heteroatoms. The quantitative estimate of drug-likeness (QED) is 0.0661. The third kappa shape index (κ3) is 11.5. The van der Waals surface area contributed by atoms with Crippen LogP contribution in [-0.2, 0) is 30.4 Å². The third-order valence-electron chi connectivity index (χ3n) is 8.37. The number of hydrogen-bond donors (Lipinski definition) is 5. The topological polar surface area (TPSA) is 181 Å². The largest absolute Gasteiger partial charge is 0.506 e. The number of rotatable bonds is 15. The van der Waals surface area contributed by atoms with Crippen LogP contribution in [0.15, 0.2) is 72.8 Å². The van der Waals surface area contributed by atoms with Crippen molar-refractivity contribution in [3.63, 3.8) is 0 Å². The van der Waals surface area contributed by atoms with Crippen molar-refractivity contribution >= 4 is 35.8 Å². The Hall–Kier alpha value is -5.59. The Labute approximate surface area is 303 Å². The maximum atomic E-state index is 13.7. The van der Waals surface area contributed by atoms with Crippen LogP contribution in [0.5, 0.6) is 0 Å². The van der Waals surface area contributed by atoms with Crippen molar-refractivity contribution in [3.05, 3.63) is 89.5 Å². The van der Waals surface area contributed by atoms with Crippen molar-refractivity contribution in [2.75, 3.05) is 18.5 Å². The van der Waals surface area contributed by atoms with Gasteiger partial charge in [0.2, 0.25) is 11.8 Å². The Balaban J connectivity index is 1.38. The highest BCUT2D eigenvalue weighted by molar-refractivity contribution is 5.98. The molecule has 3 aromatic carbocycles. The second-order valence-corrected chi connectivity index (χ2v) is 13.9. The molecule has 0 fully saturated rings. The van der Waals surface area contributed by atoms with E-state index in [9.17, 15) is 24.0 Å². The van der Waals surface area contributed by atoms with Crippen LogP contribution in [0.2, 0.25) is 0 Å². The van der Waals surface area contributed by atoms with Gasteiger partial charge in [-0.2, -0.15) is 0 Å². The summed E-state index contributed by atoms with van der Waals surface area (Å²) >= 11 is 0. The van der Waals surface area contributed by atoms with E-state index in [2.05, 4.69) is 26.0 Å². The first-order chi connectivity index (χ1) is 24.7. The number of nitrogens with one attached hydrogen (secondary N) is 4. The number of carbonyl (C=O) groups is 5. The normalized spacial score (nSPS) is 13.2. The van der Waals surface area contributed by atoms with Gasteiger partial charge in [-0.25, -0.2) is 14.4 Å². The number of alkyl carbamates (subject to hydrolysis) is 2. The lowest BCUT2D eigenvalue weighted by Gasteiger charge is -2.25. The molecule has 278 valence electrons. The number of unbranched alkanes of at least 4 members (excludes halogenated alkanes) is 1. The average Bonchev–Trinajstić information content (AvgIpc) is 3.41. The maximum absolute atomic E-state index is 13.7. The number of fused-ring (bicyclic) bond motifs is 3. The molecule has 0 saturated carbocycles. The zero-order chi connectivity index (χ0) is 37.8. The summed E-state index contributed by atoms with van der Waals surface area (Å²) in [6.45, 7) is 9.09. The van der Waals surface area contributed by atoms with E-state index >= 15 is 0 Å². The predicted molar refractivity (Wildman–Crippen MR) is 195 cm³/mol. The van der Waals surface area contributed by atoms with E-state index in [-0.39, 0.29) is 31.5 Å². The Bertz CT molecular complexity index is 1670. The SMILES string of the molecule is CC(C)C(NC(=O)OCC1c2ccccc2-c2ccccc21)C(=O)N[C@@H](CCCCNC(=O)OC(C)(C)C)C(=O)Nc1ccc(COC(=O)O)cc1. The molecule has 0 heterocycles. The Kier molecular flexibility index (Phi) is 13.6. The Morgan fingerprint density at radius 2 is 1.38 bits per heavy atom. The van der Waals surface area contributed by atoms with Crippen LogP contribution < -0.4 is 21.3 Å². The smallest absolute Gasteiger partial charge is 0.450 e. The van der Waals surface area contributed by atoms with Crippen molar-refractivity contribution in [1.82, 2.24) is 16.0 Å². The lowest BCUT2D eigenvalue weighted by Crippen LogP contribution is -2.54. The van der Waals surface area contributed by atoms with Crippen molar-refractivity contribution < 1.29 is 43.3 Å². The molecule has 0 saturated heterocycles. The molecule has 13 nitrogen and oxygen atoms in total. The molecule has 2 atom stereocenters. The molecule has 3 aromatic rings. The molecule has 1 aliphatic rings. The van der Waals surface area contributed by atoms with E-state index in [0.29, 0.717) is 30.6 Å². The first kappa shape index (κ1) is 39.2. The van der Waals surface area contributed by atoms with Crippen molar-refractivity contribution in [2.24, 2.45) is 5.92 Å². The van der Waals surface area contributed by atoms with Gasteiger partial charge in [-0.15, -0.1) is 0 Å². The fourth-order valence-electron chi connectivity index (χ4n) is 5.87. The lowest BCUT2D eigenvalue weighted by atomic mass is 9.98. The van der Waals surface area contributed by atoms with E-state index in [4.69, 9.17) is 14.6 Å². The highest BCUT2D eigenvalue weighted by Gasteiger charge is 2.32. The summed E-state index contributed by atoms with van der Waals surface area (Å²) in [6.07, 6.45) is -1.50. The monoisotopic (exact) mass is 716 g/mol. The van der Waals surface area contributed by atoms with E-state index < -0.39 is 47.8 Å². The van der Waals surface area contributed by atoms with Crippen molar-refractivity contribution in [2.45, 2.75) is 84.1 Å². The van der Waals surface area contributed by atoms with E-state index in [0.717, 1.165) is 22.3 Å². The summed E-state index contributed by atoms with van der Waals surface area (Å²) in [4.78, 5) is 63.0. The minimum atomic E-state index is -1.40. The van der Waals surface area contributed by atoms with Gasteiger partial charge >= 0.3 is 18.3 Å². The molecule has 1 aliphatic carbocycles. The standard InChI is InChI=1S/C39H48N4O9/c1-24(2)33(43-37(47)50-23-31-29-14-8-6-12-27(29)28-13-7-9-15-30(28)31)35(45)42-32(16-10-11-21-40-36(46)52-39(3,4)5)34(44)41-26-19-17-25(18-20-26)22-51-38(48)49/h6-9,12-15,17-20,24,31-33H,10-11,16,21-23H2,1-5H3,(H,40,46)(H,41,44)(H,42,45)(H,43,47)(H,48,49)/t32-,33?/m0/s1. The number of anilines is 1. The number of benzene rings is 3. The molecule has 1 unspecified atom stereocenters. The van der Waals surface area contributed by atoms with Gasteiger partial charge in [-0.1, -0.05) is 74.5 Å². The van der Waals surface area contributed by atoms with Crippen LogP contribution in [0.3, 0.4) is 0 Å². The van der Waals surface area contributed by atoms with Gasteiger partial charge < -0.3 is 40.6 Å². The van der Waals surface area contributed by atoms with Crippen LogP contribution in [0.25, 0.3) is 11.1 Å². The summed E-state index contributed by atoms with van der Waals surface area (Å²) in [5.41, 5.74) is 4.69. The molecular formula is C39H48N4O9. The zero-order valence-corrected chi connectivity index (χ0v) is 30.2. The number of carbonyl (C=O) groups excluding carboxylic acids is 4. The summed E-state index contributed by atoms with van der Waals surface area (Å²) in [6, 6.07) is 20.4. The number of carboxylic acid groups (broad SMARTS) is 1. The second kappa shape index (κ2) is 18.1. The molecule has 0 aromatic heterocycles. The molecule has 5 N–H and O–H groups in total. The highest BCUT2D eigenvalue weighted by atomic mass is 16.7. The maximum Gasteiger partial charge on any atom is 0.506 e. The van der Waals surface area contributed by atoms with Crippen LogP contribution in [0, 0.1) is 5.92 Å². The zero-order valence-electron chi connectivity index (χ0n) is 30.2. The first-order valence-corrected chi connectivity index (χ1v) is 17.4. The van der Waals surface area contributed by atoms with Gasteiger partial charge in [0.15, 0.2) is 0 Å². The van der Waals surface area contributed by atoms with Gasteiger partial charge in [-0.05, 0) is 85.9 Å². The molecule has 0 spiro atoms. The van der Waals surface area contributed by atoms with E-state index in [1.807, 2.05) is 48.5 Å². The lowest BCUT2D eigenvalue weighted by molar-refractivity contribution is -0.128. The summed E-state index contributed by atoms with van der Waals surface area (Å²) in [5, 5.41) is 19.7. The third-order valence-corrected chi connectivity index (χ3v) is 8.37. The molecular weight excluding hydrogens is 668 g/mol. The fourth-order valence-corrected chi connectivity index (χ4v) is 5.87. The highest BCUT2D eigenvalue weighted by Crippen LogP contribution is 2.44. The molecule has 0 aliphatic heterocycles. The van der Waals surface area contributed by atoms with Crippen molar-refractivity contribution in [1.29, 1.82) is 0 Å². The van der Waals surface area contributed by atoms with Crippen LogP contribution in [-0.4, -0.2) is 66.1 Å². The van der Waals surface area contributed by atoms with Gasteiger partial charge in [0.25, 0.3) is 0 Å². The first-order valence-electron chi connectivity index (χ1n) is 17.4. The van der Waals surface area contributed by atoms with Crippen LogP contribution >= 0.6 is 0 Å². The van der Waals surface area contributed by atoms with Crippen molar-refractivity contribution in [3.8, 4) is 11.1 Å². The second-order valence-electron chi connectivity index (χ2n) is 13.9. The molecule has 0 bridgehead atoms. The number of amides is 4. The summed E-state index contributed by atoms with van der Waals surface area (Å²) in [5.74, 6) is -1.55. The van der Waals surface area contributed by atoms with Gasteiger partial charge in [-0.3, -0.25) is 9.59 Å². The molecule has 4 amide bonds. The van der Waals surface area contributed by atoms with Gasteiger partial charge in [0.1, 0.15) is 30.9 Å². The summed E-state index contributed by atoms with van der Waals surface area (Å²) in [7, 11) is 0. The minimum absolute atomic E-state index is 0.0792. The molecule has 0 radical (unpaired) electrons.